The Bertz CT molecular complexity index is 1440. The zero-order valence-electron chi connectivity index (χ0n) is 36.3. The van der Waals surface area contributed by atoms with Gasteiger partial charge < -0.3 is 42.9 Å². The molecule has 0 heterocycles. The van der Waals surface area contributed by atoms with Crippen LogP contribution in [0.1, 0.15) is 158 Å². The van der Waals surface area contributed by atoms with Crippen molar-refractivity contribution in [1.29, 1.82) is 0 Å². The van der Waals surface area contributed by atoms with E-state index < -0.39 is 25.8 Å². The van der Waals surface area contributed by atoms with E-state index in [4.69, 9.17) is 42.9 Å². The Morgan fingerprint density at radius 1 is 0.327 bits per heavy atom. The van der Waals surface area contributed by atoms with E-state index in [1.54, 1.807) is 0 Å². The molecule has 0 aliphatic carbocycles. The molecule has 0 spiro atoms. The fraction of sp³-hybridized carbons (Fsp3) is 0.571. The van der Waals surface area contributed by atoms with Crippen LogP contribution in [0.2, 0.25) is 0 Å². The molecule has 0 bridgehead atoms. The van der Waals surface area contributed by atoms with Gasteiger partial charge in [-0.25, -0.2) is 0 Å². The molecule has 0 aromatic heterocycles. The van der Waals surface area contributed by atoms with Crippen LogP contribution in [0.5, 0.6) is 17.2 Å². The molecular formula is C42H69NiO9P3. The van der Waals surface area contributed by atoms with Gasteiger partial charge in [-0.1, -0.05) is 161 Å². The Balaban J connectivity index is 0.000000788. The van der Waals surface area contributed by atoms with Crippen LogP contribution >= 0.6 is 25.8 Å². The van der Waals surface area contributed by atoms with Gasteiger partial charge in [-0.2, -0.15) is 0 Å². The average molecular weight is 870 g/mol. The van der Waals surface area contributed by atoms with Crippen LogP contribution in [0.15, 0.2) is 54.6 Å². The van der Waals surface area contributed by atoms with E-state index in [2.05, 4.69) is 143 Å². The average Bonchev–Trinajstić information content (AvgIpc) is 2.94. The standard InChI is InChI=1S/3C14H23O3P.Ni/c3*1-13(2,3)10-7-8-12(17-18(15)16)11(9-10)14(4,5)6;/h3*7-9,15-16H,1-6H3;. The number of benzene rings is 3. The van der Waals surface area contributed by atoms with Crippen molar-refractivity contribution in [2.24, 2.45) is 0 Å². The molecule has 0 saturated heterocycles. The molecule has 0 atom stereocenters. The minimum absolute atomic E-state index is 0. The van der Waals surface area contributed by atoms with Gasteiger partial charge in [0.05, 0.1) is 0 Å². The van der Waals surface area contributed by atoms with E-state index in [0.717, 1.165) is 16.7 Å². The Labute approximate surface area is 346 Å². The van der Waals surface area contributed by atoms with Gasteiger partial charge in [0, 0.05) is 33.2 Å². The van der Waals surface area contributed by atoms with Gasteiger partial charge in [-0.3, -0.25) is 0 Å². The molecule has 3 aromatic rings. The summed E-state index contributed by atoms with van der Waals surface area (Å²) in [7, 11) is -7.13. The van der Waals surface area contributed by atoms with Gasteiger partial charge in [0.15, 0.2) is 0 Å². The molecule has 0 aliphatic heterocycles. The van der Waals surface area contributed by atoms with Crippen molar-refractivity contribution in [2.45, 2.75) is 157 Å². The van der Waals surface area contributed by atoms with Crippen LogP contribution < -0.4 is 13.6 Å². The van der Waals surface area contributed by atoms with E-state index >= 15 is 0 Å². The molecule has 0 saturated carbocycles. The molecule has 9 nitrogen and oxygen atoms in total. The fourth-order valence-corrected chi connectivity index (χ4v) is 6.26. The third kappa shape index (κ3) is 18.4. The summed E-state index contributed by atoms with van der Waals surface area (Å²) in [5.74, 6) is 1.64. The molecule has 13 heteroatoms. The quantitative estimate of drug-likeness (QED) is 0.105. The van der Waals surface area contributed by atoms with Crippen molar-refractivity contribution in [3.05, 3.63) is 88.0 Å². The Morgan fingerprint density at radius 2 is 0.509 bits per heavy atom. The molecule has 3 rings (SSSR count). The predicted molar refractivity (Wildman–Crippen MR) is 227 cm³/mol. The van der Waals surface area contributed by atoms with Crippen LogP contribution in [-0.4, -0.2) is 29.4 Å². The van der Waals surface area contributed by atoms with Crippen molar-refractivity contribution in [1.82, 2.24) is 0 Å². The predicted octanol–water partition coefficient (Wildman–Crippen LogP) is 11.6. The maximum atomic E-state index is 9.02. The van der Waals surface area contributed by atoms with Crippen LogP contribution in [0.3, 0.4) is 0 Å². The molecule has 316 valence electrons. The van der Waals surface area contributed by atoms with E-state index in [1.807, 2.05) is 36.4 Å². The maximum absolute atomic E-state index is 9.02. The number of rotatable bonds is 6. The topological polar surface area (TPSA) is 149 Å². The third-order valence-electron chi connectivity index (χ3n) is 8.50. The second-order valence-corrected chi connectivity index (χ2v) is 21.7. The summed E-state index contributed by atoms with van der Waals surface area (Å²) in [5, 5.41) is 0. The van der Waals surface area contributed by atoms with Gasteiger partial charge in [0.1, 0.15) is 17.2 Å². The summed E-state index contributed by atoms with van der Waals surface area (Å²) in [6, 6.07) is 17.7. The van der Waals surface area contributed by atoms with E-state index in [9.17, 15) is 0 Å². The SMILES string of the molecule is CC(C)(C)c1ccc(OP(O)O)c(C(C)(C)C)c1.CC(C)(C)c1ccc(OP(O)O)c(C(C)(C)C)c1.CC(C)(C)c1ccc(OP(O)O)c(C(C)(C)C)c1.[Ni]. The normalized spacial score (nSPS) is 12.7. The first-order chi connectivity index (χ1) is 24.0. The van der Waals surface area contributed by atoms with Crippen LogP contribution in [0, 0.1) is 0 Å². The summed E-state index contributed by atoms with van der Waals surface area (Å²) < 4.78 is 15.3. The minimum atomic E-state index is -2.38. The van der Waals surface area contributed by atoms with Crippen molar-refractivity contribution < 1.29 is 59.4 Å². The van der Waals surface area contributed by atoms with Crippen molar-refractivity contribution in [2.75, 3.05) is 0 Å². The van der Waals surface area contributed by atoms with E-state index in [1.165, 1.54) is 16.7 Å². The molecule has 0 amide bonds. The summed E-state index contributed by atoms with van der Waals surface area (Å²) in [6.07, 6.45) is 0. The van der Waals surface area contributed by atoms with Gasteiger partial charge in [0.25, 0.3) is 0 Å². The third-order valence-corrected chi connectivity index (χ3v) is 9.58. The van der Waals surface area contributed by atoms with Crippen LogP contribution in [0.25, 0.3) is 0 Å². The van der Waals surface area contributed by atoms with Gasteiger partial charge in [0.2, 0.25) is 0 Å². The smallest absolute Gasteiger partial charge is 0.391 e. The van der Waals surface area contributed by atoms with Crippen molar-refractivity contribution in [3.8, 4) is 17.2 Å². The molecule has 3 aromatic carbocycles. The van der Waals surface area contributed by atoms with Crippen LogP contribution in [0.4, 0.5) is 0 Å². The summed E-state index contributed by atoms with van der Waals surface area (Å²) in [6.45, 7) is 38.1. The van der Waals surface area contributed by atoms with E-state index in [0.29, 0.717) is 17.2 Å². The number of hydrogen-bond donors (Lipinski definition) is 6. The summed E-state index contributed by atoms with van der Waals surface area (Å²) in [5.41, 5.74) is 6.44. The maximum Gasteiger partial charge on any atom is 0.391 e. The molecule has 0 unspecified atom stereocenters. The fourth-order valence-electron chi connectivity index (χ4n) is 5.25. The molecular weight excluding hydrogens is 800 g/mol. The molecule has 6 N–H and O–H groups in total. The Kier molecular flexibility index (Phi) is 20.0. The molecule has 0 radical (unpaired) electrons. The summed E-state index contributed by atoms with van der Waals surface area (Å²) >= 11 is 0. The second kappa shape index (κ2) is 20.5. The molecule has 55 heavy (non-hydrogen) atoms. The van der Waals surface area contributed by atoms with Gasteiger partial charge in [-0.15, -0.1) is 0 Å². The number of hydrogen-bond acceptors (Lipinski definition) is 9. The van der Waals surface area contributed by atoms with Crippen molar-refractivity contribution >= 4 is 25.8 Å². The molecule has 0 fully saturated rings. The van der Waals surface area contributed by atoms with Gasteiger partial charge >= 0.3 is 25.8 Å². The van der Waals surface area contributed by atoms with Crippen molar-refractivity contribution in [3.63, 3.8) is 0 Å². The van der Waals surface area contributed by atoms with E-state index in [-0.39, 0.29) is 49.0 Å². The largest absolute Gasteiger partial charge is 0.427 e. The Morgan fingerprint density at radius 3 is 0.636 bits per heavy atom. The zero-order chi connectivity index (χ0) is 42.4. The molecule has 0 aliphatic rings. The minimum Gasteiger partial charge on any atom is -0.427 e. The van der Waals surface area contributed by atoms with Gasteiger partial charge in [-0.05, 0) is 67.4 Å². The zero-order valence-corrected chi connectivity index (χ0v) is 39.9. The first kappa shape index (κ1) is 53.6. The summed E-state index contributed by atoms with van der Waals surface area (Å²) in [4.78, 5) is 54.1. The first-order valence-electron chi connectivity index (χ1n) is 18.1. The first-order valence-corrected chi connectivity index (χ1v) is 21.6. The van der Waals surface area contributed by atoms with Crippen LogP contribution in [-0.2, 0) is 49.0 Å². The monoisotopic (exact) mass is 868 g/mol. The Hall–Kier alpha value is -1.40. The second-order valence-electron chi connectivity index (χ2n) is 19.7.